The van der Waals surface area contributed by atoms with Crippen molar-refractivity contribution in [3.63, 3.8) is 0 Å². The minimum Gasteiger partial charge on any atom is -0.478 e. The van der Waals surface area contributed by atoms with Gasteiger partial charge >= 0.3 is 5.97 Å². The Kier molecular flexibility index (Phi) is 3.65. The number of nitrogens with one attached hydrogen (secondary N) is 2. The number of hydrogen-bond acceptors (Lipinski definition) is 3. The highest BCUT2D eigenvalue weighted by atomic mass is 16.4. The van der Waals surface area contributed by atoms with E-state index in [0.717, 1.165) is 22.9 Å². The van der Waals surface area contributed by atoms with Gasteiger partial charge in [-0.1, -0.05) is 18.2 Å². The topological polar surface area (TPSA) is 95.3 Å². The number of carbonyl (C=O) groups excluding carboxylic acids is 1. The van der Waals surface area contributed by atoms with Gasteiger partial charge in [0.15, 0.2) is 5.76 Å². The molecule has 0 saturated carbocycles. The number of aromatic amines is 1. The van der Waals surface area contributed by atoms with Gasteiger partial charge in [-0.05, 0) is 17.5 Å². The van der Waals surface area contributed by atoms with E-state index in [1.165, 1.54) is 6.07 Å². The fourth-order valence-electron chi connectivity index (χ4n) is 2.23. The number of para-hydroxylation sites is 1. The van der Waals surface area contributed by atoms with Crippen molar-refractivity contribution in [2.75, 3.05) is 6.54 Å². The van der Waals surface area contributed by atoms with Gasteiger partial charge in [0.05, 0.1) is 5.56 Å². The zero-order valence-electron chi connectivity index (χ0n) is 11.6. The highest BCUT2D eigenvalue weighted by Gasteiger charge is 2.14. The Morgan fingerprint density at radius 3 is 2.77 bits per heavy atom. The van der Waals surface area contributed by atoms with E-state index in [0.29, 0.717) is 13.0 Å². The number of hydrogen-bond donors (Lipinski definition) is 3. The molecule has 1 aromatic carbocycles. The summed E-state index contributed by atoms with van der Waals surface area (Å²) in [6, 6.07) is 11.2. The number of benzene rings is 1. The molecule has 2 heterocycles. The molecule has 0 radical (unpaired) electrons. The molecule has 6 nitrogen and oxygen atoms in total. The van der Waals surface area contributed by atoms with Crippen LogP contribution in [0.15, 0.2) is 47.1 Å². The maximum atomic E-state index is 11.8. The van der Waals surface area contributed by atoms with Gasteiger partial charge in [0.1, 0.15) is 6.26 Å². The minimum absolute atomic E-state index is 0.00551. The Labute approximate surface area is 125 Å². The fraction of sp³-hybridized carbons (Fsp3) is 0.125. The average Bonchev–Trinajstić information content (AvgIpc) is 3.13. The van der Waals surface area contributed by atoms with E-state index in [1.807, 2.05) is 30.3 Å². The van der Waals surface area contributed by atoms with E-state index >= 15 is 0 Å². The quantitative estimate of drug-likeness (QED) is 0.674. The molecule has 0 aliphatic carbocycles. The van der Waals surface area contributed by atoms with E-state index in [2.05, 4.69) is 10.3 Å². The number of H-pyrrole nitrogens is 1. The van der Waals surface area contributed by atoms with Crippen molar-refractivity contribution in [1.29, 1.82) is 0 Å². The normalized spacial score (nSPS) is 10.7. The summed E-state index contributed by atoms with van der Waals surface area (Å²) in [4.78, 5) is 25.8. The first kappa shape index (κ1) is 13.9. The minimum atomic E-state index is -1.12. The zero-order valence-corrected chi connectivity index (χ0v) is 11.6. The molecule has 3 rings (SSSR count). The van der Waals surface area contributed by atoms with Crippen LogP contribution in [0.1, 0.15) is 26.6 Å². The van der Waals surface area contributed by atoms with Gasteiger partial charge in [-0.25, -0.2) is 4.79 Å². The van der Waals surface area contributed by atoms with Crippen molar-refractivity contribution in [2.45, 2.75) is 6.42 Å². The van der Waals surface area contributed by atoms with Gasteiger partial charge in [-0.3, -0.25) is 4.79 Å². The van der Waals surface area contributed by atoms with E-state index in [1.54, 1.807) is 0 Å². The number of furan rings is 1. The third-order valence-corrected chi connectivity index (χ3v) is 3.34. The number of aromatic carboxylic acids is 1. The molecule has 0 fully saturated rings. The first-order chi connectivity index (χ1) is 10.6. The predicted molar refractivity (Wildman–Crippen MR) is 80.0 cm³/mol. The van der Waals surface area contributed by atoms with Crippen LogP contribution in [-0.2, 0) is 6.42 Å². The largest absolute Gasteiger partial charge is 0.478 e. The first-order valence-corrected chi connectivity index (χ1v) is 6.80. The van der Waals surface area contributed by atoms with Gasteiger partial charge in [0.25, 0.3) is 5.91 Å². The summed E-state index contributed by atoms with van der Waals surface area (Å²) in [6.07, 6.45) is 1.70. The smallest absolute Gasteiger partial charge is 0.338 e. The van der Waals surface area contributed by atoms with E-state index in [9.17, 15) is 9.59 Å². The van der Waals surface area contributed by atoms with Crippen LogP contribution in [0, 0.1) is 0 Å². The van der Waals surface area contributed by atoms with Crippen molar-refractivity contribution in [3.8, 4) is 0 Å². The maximum Gasteiger partial charge on any atom is 0.338 e. The van der Waals surface area contributed by atoms with E-state index in [-0.39, 0.29) is 11.3 Å². The SMILES string of the molecule is O=C(O)c1coc(C(=O)NCCc2cc3ccccc3[nH]2)c1. The third-order valence-electron chi connectivity index (χ3n) is 3.34. The Morgan fingerprint density at radius 2 is 2.05 bits per heavy atom. The lowest BCUT2D eigenvalue weighted by Crippen LogP contribution is -2.25. The van der Waals surface area contributed by atoms with Crippen LogP contribution in [-0.4, -0.2) is 28.5 Å². The molecule has 0 aliphatic rings. The molecule has 112 valence electrons. The lowest BCUT2D eigenvalue weighted by atomic mass is 10.2. The second-order valence-corrected chi connectivity index (χ2v) is 4.89. The molecule has 0 unspecified atom stereocenters. The van der Waals surface area contributed by atoms with Gasteiger partial charge in [-0.2, -0.15) is 0 Å². The van der Waals surface area contributed by atoms with Crippen LogP contribution in [0.2, 0.25) is 0 Å². The molecule has 1 amide bonds. The van der Waals surface area contributed by atoms with Gasteiger partial charge in [-0.15, -0.1) is 0 Å². The molecular formula is C16H14N2O4. The summed E-state index contributed by atoms with van der Waals surface area (Å²) in [7, 11) is 0. The predicted octanol–water partition coefficient (Wildman–Crippen LogP) is 2.43. The lowest BCUT2D eigenvalue weighted by Gasteiger charge is -2.01. The molecule has 3 aromatic rings. The standard InChI is InChI=1S/C16H14N2O4/c19-15(14-8-11(9-22-14)16(20)21)17-6-5-12-7-10-3-1-2-4-13(10)18-12/h1-4,7-9,18H,5-6H2,(H,17,19)(H,20,21). The molecular weight excluding hydrogens is 284 g/mol. The molecule has 0 bridgehead atoms. The summed E-state index contributed by atoms with van der Waals surface area (Å²) < 4.78 is 4.94. The molecule has 0 saturated heterocycles. The highest BCUT2D eigenvalue weighted by molar-refractivity contribution is 5.95. The number of fused-ring (bicyclic) bond motifs is 1. The van der Waals surface area contributed by atoms with Gasteiger partial charge < -0.3 is 19.8 Å². The fourth-order valence-corrected chi connectivity index (χ4v) is 2.23. The number of carboxylic acid groups (broad SMARTS) is 1. The summed E-state index contributed by atoms with van der Waals surface area (Å²) in [5.41, 5.74) is 2.04. The van der Waals surface area contributed by atoms with Crippen LogP contribution in [0.3, 0.4) is 0 Å². The van der Waals surface area contributed by atoms with Crippen molar-refractivity contribution < 1.29 is 19.1 Å². The van der Waals surface area contributed by atoms with Crippen molar-refractivity contribution in [3.05, 3.63) is 59.7 Å². The molecule has 0 atom stereocenters. The van der Waals surface area contributed by atoms with E-state index < -0.39 is 11.9 Å². The van der Waals surface area contributed by atoms with Gasteiger partial charge in [0, 0.05) is 30.2 Å². The molecule has 3 N–H and O–H groups in total. The summed E-state index contributed by atoms with van der Waals surface area (Å²) in [5, 5.41) is 12.6. The third kappa shape index (κ3) is 2.85. The molecule has 0 aliphatic heterocycles. The maximum absolute atomic E-state index is 11.8. The first-order valence-electron chi connectivity index (χ1n) is 6.80. The Morgan fingerprint density at radius 1 is 1.23 bits per heavy atom. The van der Waals surface area contributed by atoms with Crippen LogP contribution >= 0.6 is 0 Å². The van der Waals surface area contributed by atoms with Crippen LogP contribution < -0.4 is 5.32 Å². The Balaban J connectivity index is 1.57. The number of aromatic nitrogens is 1. The van der Waals surface area contributed by atoms with Crippen molar-refractivity contribution in [2.24, 2.45) is 0 Å². The molecule has 0 spiro atoms. The van der Waals surface area contributed by atoms with Crippen LogP contribution in [0.5, 0.6) is 0 Å². The summed E-state index contributed by atoms with van der Waals surface area (Å²) in [5.74, 6) is -1.56. The summed E-state index contributed by atoms with van der Waals surface area (Å²) in [6.45, 7) is 0.425. The number of amides is 1. The average molecular weight is 298 g/mol. The Hall–Kier alpha value is -3.02. The number of carbonyl (C=O) groups is 2. The molecule has 22 heavy (non-hydrogen) atoms. The van der Waals surface area contributed by atoms with Crippen LogP contribution in [0.25, 0.3) is 10.9 Å². The van der Waals surface area contributed by atoms with E-state index in [4.69, 9.17) is 9.52 Å². The van der Waals surface area contributed by atoms with Crippen LogP contribution in [0.4, 0.5) is 0 Å². The monoisotopic (exact) mass is 298 g/mol. The van der Waals surface area contributed by atoms with Crippen molar-refractivity contribution >= 4 is 22.8 Å². The molecule has 2 aromatic heterocycles. The Bertz CT molecular complexity index is 798. The zero-order chi connectivity index (χ0) is 15.5. The molecule has 6 heteroatoms. The second kappa shape index (κ2) is 5.77. The van der Waals surface area contributed by atoms with Crippen molar-refractivity contribution in [1.82, 2.24) is 10.3 Å². The number of rotatable bonds is 5. The highest BCUT2D eigenvalue weighted by Crippen LogP contribution is 2.14. The summed E-state index contributed by atoms with van der Waals surface area (Å²) >= 11 is 0. The lowest BCUT2D eigenvalue weighted by molar-refractivity contribution is 0.0696. The van der Waals surface area contributed by atoms with Gasteiger partial charge in [0.2, 0.25) is 0 Å². The second-order valence-electron chi connectivity index (χ2n) is 4.89. The number of carboxylic acids is 1.